The second-order valence-electron chi connectivity index (χ2n) is 7.24. The first kappa shape index (κ1) is 19.3. The normalized spacial score (nSPS) is 20.5. The number of fused-ring (bicyclic) bond motifs is 3. The third kappa shape index (κ3) is 4.05. The fraction of sp³-hybridized carbons (Fsp3) is 0.364. The topological polar surface area (TPSA) is 71.1 Å². The molecule has 3 amide bonds. The quantitative estimate of drug-likeness (QED) is 0.844. The number of likely N-dealkylation sites (tertiary alicyclic amines) is 1. The van der Waals surface area contributed by atoms with Crippen molar-refractivity contribution < 1.29 is 19.1 Å². The van der Waals surface area contributed by atoms with E-state index < -0.39 is 6.04 Å². The van der Waals surface area contributed by atoms with Crippen LogP contribution in [0.2, 0.25) is 0 Å². The fourth-order valence-corrected chi connectivity index (χ4v) is 3.89. The van der Waals surface area contributed by atoms with E-state index in [4.69, 9.17) is 9.47 Å². The standard InChI is InChI=1S/C22H25N3O4/c1-28-12-11-24-18-9-5-6-10-20(18)29-17-13-19(21(24)26)25(15-17)22(27)23-14-16-7-3-2-4-8-16/h2-10,17,19H,11-15H2,1H3,(H,23,27). The van der Waals surface area contributed by atoms with Crippen LogP contribution in [-0.2, 0) is 16.1 Å². The molecule has 2 unspecified atom stereocenters. The lowest BCUT2D eigenvalue weighted by molar-refractivity contribution is -0.122. The van der Waals surface area contributed by atoms with E-state index in [-0.39, 0.29) is 18.0 Å². The molecule has 4 rings (SSSR count). The predicted octanol–water partition coefficient (Wildman–Crippen LogP) is 2.41. The van der Waals surface area contributed by atoms with Gasteiger partial charge in [0.2, 0.25) is 5.91 Å². The van der Waals surface area contributed by atoms with Gasteiger partial charge >= 0.3 is 6.03 Å². The van der Waals surface area contributed by atoms with E-state index in [9.17, 15) is 9.59 Å². The number of ether oxygens (including phenoxy) is 2. The third-order valence-corrected chi connectivity index (χ3v) is 5.33. The van der Waals surface area contributed by atoms with Crippen LogP contribution >= 0.6 is 0 Å². The van der Waals surface area contributed by atoms with E-state index in [0.29, 0.717) is 38.4 Å². The van der Waals surface area contributed by atoms with E-state index in [1.54, 1.807) is 16.9 Å². The van der Waals surface area contributed by atoms with E-state index in [0.717, 1.165) is 11.3 Å². The van der Waals surface area contributed by atoms with Crippen molar-refractivity contribution in [1.29, 1.82) is 0 Å². The Bertz CT molecular complexity index is 873. The van der Waals surface area contributed by atoms with Gasteiger partial charge in [-0.1, -0.05) is 42.5 Å². The lowest BCUT2D eigenvalue weighted by atomic mass is 10.1. The molecular formula is C22H25N3O4. The maximum atomic E-state index is 13.4. The third-order valence-electron chi connectivity index (χ3n) is 5.33. The van der Waals surface area contributed by atoms with Crippen LogP contribution in [0.5, 0.6) is 5.75 Å². The van der Waals surface area contributed by atoms with Crippen molar-refractivity contribution in [2.75, 3.05) is 31.7 Å². The first-order valence-electron chi connectivity index (χ1n) is 9.82. The Balaban J connectivity index is 1.55. The van der Waals surface area contributed by atoms with Gasteiger partial charge in [-0.25, -0.2) is 4.79 Å². The number of urea groups is 1. The van der Waals surface area contributed by atoms with Crippen LogP contribution in [0.25, 0.3) is 0 Å². The number of methoxy groups -OCH3 is 1. The maximum absolute atomic E-state index is 13.4. The van der Waals surface area contributed by atoms with Crippen molar-refractivity contribution in [3.63, 3.8) is 0 Å². The van der Waals surface area contributed by atoms with Gasteiger partial charge in [0.15, 0.2) is 0 Å². The highest BCUT2D eigenvalue weighted by atomic mass is 16.5. The molecule has 1 fully saturated rings. The zero-order chi connectivity index (χ0) is 20.2. The monoisotopic (exact) mass is 395 g/mol. The Morgan fingerprint density at radius 2 is 1.93 bits per heavy atom. The van der Waals surface area contributed by atoms with Gasteiger partial charge in [0.25, 0.3) is 0 Å². The molecule has 0 spiro atoms. The molecule has 1 N–H and O–H groups in total. The van der Waals surface area contributed by atoms with Crippen molar-refractivity contribution in [3.8, 4) is 5.75 Å². The zero-order valence-electron chi connectivity index (χ0n) is 16.4. The summed E-state index contributed by atoms with van der Waals surface area (Å²) >= 11 is 0. The van der Waals surface area contributed by atoms with Crippen molar-refractivity contribution in [1.82, 2.24) is 10.2 Å². The molecule has 2 aliphatic rings. The summed E-state index contributed by atoms with van der Waals surface area (Å²) in [5.74, 6) is 0.558. The van der Waals surface area contributed by atoms with Gasteiger partial charge in [-0.2, -0.15) is 0 Å². The molecule has 29 heavy (non-hydrogen) atoms. The van der Waals surface area contributed by atoms with Crippen molar-refractivity contribution in [2.24, 2.45) is 0 Å². The first-order valence-corrected chi connectivity index (χ1v) is 9.82. The Hall–Kier alpha value is -3.06. The first-order chi connectivity index (χ1) is 14.2. The van der Waals surface area contributed by atoms with E-state index >= 15 is 0 Å². The number of nitrogens with one attached hydrogen (secondary N) is 1. The van der Waals surface area contributed by atoms with Crippen LogP contribution in [0.4, 0.5) is 10.5 Å². The number of para-hydroxylation sites is 2. The van der Waals surface area contributed by atoms with Gasteiger partial charge in [0.05, 0.1) is 18.8 Å². The average molecular weight is 395 g/mol. The smallest absolute Gasteiger partial charge is 0.318 e. The summed E-state index contributed by atoms with van der Waals surface area (Å²) in [6.45, 7) is 1.59. The molecule has 7 heteroatoms. The Kier molecular flexibility index (Phi) is 5.67. The van der Waals surface area contributed by atoms with Crippen molar-refractivity contribution in [2.45, 2.75) is 25.1 Å². The molecular weight excluding hydrogens is 370 g/mol. The highest BCUT2D eigenvalue weighted by Crippen LogP contribution is 2.36. The number of hydrogen-bond donors (Lipinski definition) is 1. The van der Waals surface area contributed by atoms with E-state index in [2.05, 4.69) is 5.32 Å². The number of hydrogen-bond acceptors (Lipinski definition) is 4. The van der Waals surface area contributed by atoms with Crippen LogP contribution in [0, 0.1) is 0 Å². The largest absolute Gasteiger partial charge is 0.486 e. The summed E-state index contributed by atoms with van der Waals surface area (Å²) in [6.07, 6.45) is 0.271. The molecule has 2 bridgehead atoms. The Labute approximate surface area is 170 Å². The fourth-order valence-electron chi connectivity index (χ4n) is 3.89. The number of carbonyl (C=O) groups excluding carboxylic acids is 2. The minimum Gasteiger partial charge on any atom is -0.486 e. The summed E-state index contributed by atoms with van der Waals surface area (Å²) in [7, 11) is 1.60. The molecule has 0 aromatic heterocycles. The predicted molar refractivity (Wildman–Crippen MR) is 109 cm³/mol. The summed E-state index contributed by atoms with van der Waals surface area (Å²) < 4.78 is 11.4. The highest BCUT2D eigenvalue weighted by Gasteiger charge is 2.44. The molecule has 2 aliphatic heterocycles. The van der Waals surface area contributed by atoms with Crippen molar-refractivity contribution in [3.05, 3.63) is 60.2 Å². The molecule has 2 aromatic rings. The van der Waals surface area contributed by atoms with Crippen LogP contribution in [0.3, 0.4) is 0 Å². The summed E-state index contributed by atoms with van der Waals surface area (Å²) in [5, 5.41) is 2.93. The van der Waals surface area contributed by atoms with Gasteiger partial charge in [-0.3, -0.25) is 4.79 Å². The average Bonchev–Trinajstić information content (AvgIpc) is 3.18. The molecule has 0 aliphatic carbocycles. The van der Waals surface area contributed by atoms with Crippen LogP contribution < -0.4 is 15.0 Å². The minimum atomic E-state index is -0.555. The number of rotatable bonds is 5. The molecule has 7 nitrogen and oxygen atoms in total. The number of anilines is 1. The van der Waals surface area contributed by atoms with Crippen LogP contribution in [0.15, 0.2) is 54.6 Å². The number of benzene rings is 2. The maximum Gasteiger partial charge on any atom is 0.318 e. The summed E-state index contributed by atoms with van der Waals surface area (Å²) in [4.78, 5) is 29.6. The second kappa shape index (κ2) is 8.53. The summed E-state index contributed by atoms with van der Waals surface area (Å²) in [5.41, 5.74) is 1.73. The van der Waals surface area contributed by atoms with Crippen LogP contribution in [-0.4, -0.2) is 55.8 Å². The second-order valence-corrected chi connectivity index (χ2v) is 7.24. The molecule has 2 aromatic carbocycles. The highest BCUT2D eigenvalue weighted by molar-refractivity contribution is 6.00. The molecule has 0 radical (unpaired) electrons. The van der Waals surface area contributed by atoms with Crippen LogP contribution in [0.1, 0.15) is 12.0 Å². The molecule has 0 saturated carbocycles. The molecule has 1 saturated heterocycles. The van der Waals surface area contributed by atoms with Crippen molar-refractivity contribution >= 4 is 17.6 Å². The number of carbonyl (C=O) groups is 2. The molecule has 2 atom stereocenters. The van der Waals surface area contributed by atoms with Gasteiger partial charge in [0, 0.05) is 26.6 Å². The van der Waals surface area contributed by atoms with Gasteiger partial charge in [-0.15, -0.1) is 0 Å². The van der Waals surface area contributed by atoms with E-state index in [1.807, 2.05) is 54.6 Å². The zero-order valence-corrected chi connectivity index (χ0v) is 16.4. The van der Waals surface area contributed by atoms with Gasteiger partial charge < -0.3 is 24.6 Å². The lowest BCUT2D eigenvalue weighted by Gasteiger charge is -2.31. The number of nitrogens with zero attached hydrogens (tertiary/aromatic N) is 2. The SMILES string of the molecule is COCCN1C(=O)C2CC(CN2C(=O)NCc2ccccc2)Oc2ccccc21. The van der Waals surface area contributed by atoms with Gasteiger partial charge in [-0.05, 0) is 17.7 Å². The number of amides is 3. The Morgan fingerprint density at radius 1 is 1.17 bits per heavy atom. The molecule has 152 valence electrons. The van der Waals surface area contributed by atoms with E-state index in [1.165, 1.54) is 0 Å². The summed E-state index contributed by atoms with van der Waals surface area (Å²) in [6, 6.07) is 16.4. The molecule has 2 heterocycles. The minimum absolute atomic E-state index is 0.102. The Morgan fingerprint density at radius 3 is 2.72 bits per heavy atom. The van der Waals surface area contributed by atoms with Gasteiger partial charge in [0.1, 0.15) is 17.9 Å². The lowest BCUT2D eigenvalue weighted by Crippen LogP contribution is -2.51.